The fourth-order valence-corrected chi connectivity index (χ4v) is 3.38. The van der Waals surface area contributed by atoms with Gasteiger partial charge in [0, 0.05) is 45.2 Å². The van der Waals surface area contributed by atoms with Crippen LogP contribution in [0.2, 0.25) is 0 Å². The lowest BCUT2D eigenvalue weighted by molar-refractivity contribution is 0.0955. The van der Waals surface area contributed by atoms with E-state index in [1.807, 2.05) is 12.1 Å². The van der Waals surface area contributed by atoms with Crippen LogP contribution in [0.5, 0.6) is 0 Å². The summed E-state index contributed by atoms with van der Waals surface area (Å²) in [4.78, 5) is 16.0. The van der Waals surface area contributed by atoms with Gasteiger partial charge in [0.25, 0.3) is 5.91 Å². The Morgan fingerprint density at radius 1 is 1.11 bits per heavy atom. The molecule has 0 fully saturated rings. The summed E-state index contributed by atoms with van der Waals surface area (Å²) in [6.45, 7) is 0.771. The molecule has 2 aromatic heterocycles. The summed E-state index contributed by atoms with van der Waals surface area (Å²) in [6.07, 6.45) is 6.88. The van der Waals surface area contributed by atoms with E-state index >= 15 is 0 Å². The van der Waals surface area contributed by atoms with Crippen LogP contribution in [-0.4, -0.2) is 21.7 Å². The largest absolute Gasteiger partial charge is 0.342 e. The van der Waals surface area contributed by atoms with Crippen molar-refractivity contribution in [3.63, 3.8) is 0 Å². The lowest BCUT2D eigenvalue weighted by atomic mass is 10.2. The summed E-state index contributed by atoms with van der Waals surface area (Å²) in [6, 6.07) is 20.1. The Kier molecular flexibility index (Phi) is 5.48. The number of carbonyl (C=O) groups is 1. The molecule has 4 aromatic rings. The fraction of sp³-hybridized carbons (Fsp3) is 0.0455. The molecule has 0 aliphatic carbocycles. The van der Waals surface area contributed by atoms with E-state index in [-0.39, 0.29) is 5.91 Å². The van der Waals surface area contributed by atoms with E-state index < -0.39 is 0 Å². The number of amides is 1. The van der Waals surface area contributed by atoms with Crippen molar-refractivity contribution in [2.45, 2.75) is 6.54 Å². The normalized spacial score (nSPS) is 11.2. The van der Waals surface area contributed by atoms with E-state index in [2.05, 4.69) is 85.3 Å². The van der Waals surface area contributed by atoms with Gasteiger partial charge in [-0.25, -0.2) is 5.43 Å². The zero-order valence-electron chi connectivity index (χ0n) is 14.9. The molecule has 0 saturated carbocycles. The number of halogens is 1. The van der Waals surface area contributed by atoms with Crippen molar-refractivity contribution >= 4 is 45.6 Å². The van der Waals surface area contributed by atoms with Crippen molar-refractivity contribution < 1.29 is 4.79 Å². The number of hydrogen-bond donors (Lipinski definition) is 1. The number of hydrazone groups is 1. The summed E-state index contributed by atoms with van der Waals surface area (Å²) in [5.74, 6) is -0.285. The van der Waals surface area contributed by atoms with Crippen molar-refractivity contribution in [3.05, 3.63) is 99.5 Å². The molecule has 2 aromatic carbocycles. The molecule has 1 N–H and O–H groups in total. The van der Waals surface area contributed by atoms with Gasteiger partial charge in [0.15, 0.2) is 0 Å². The predicted molar refractivity (Wildman–Crippen MR) is 119 cm³/mol. The van der Waals surface area contributed by atoms with Gasteiger partial charge in [0.05, 0.1) is 11.8 Å². The van der Waals surface area contributed by atoms with Crippen LogP contribution in [0.1, 0.15) is 21.5 Å². The number of fused-ring (bicyclic) bond motifs is 1. The van der Waals surface area contributed by atoms with Crippen molar-refractivity contribution in [3.8, 4) is 0 Å². The Hall–Kier alpha value is -3.00. The van der Waals surface area contributed by atoms with Crippen LogP contribution in [-0.2, 0) is 6.54 Å². The standard InChI is InChI=1S/C22H17IN4O/c23-19-9-7-16(8-10-19)14-27-15-18(20-5-1-2-6-21(20)27)13-25-26-22(28)17-4-3-11-24-12-17/h1-13,15H,14H2,(H,26,28). The van der Waals surface area contributed by atoms with E-state index in [0.29, 0.717) is 5.56 Å². The van der Waals surface area contributed by atoms with Crippen molar-refractivity contribution in [2.75, 3.05) is 0 Å². The molecule has 5 nitrogen and oxygen atoms in total. The molecule has 2 heterocycles. The molecule has 28 heavy (non-hydrogen) atoms. The van der Waals surface area contributed by atoms with Crippen LogP contribution < -0.4 is 5.43 Å². The Bertz CT molecular complexity index is 1130. The second kappa shape index (κ2) is 8.35. The lowest BCUT2D eigenvalue weighted by Gasteiger charge is -2.05. The van der Waals surface area contributed by atoms with Crippen LogP contribution in [0.4, 0.5) is 0 Å². The summed E-state index contributed by atoms with van der Waals surface area (Å²) in [7, 11) is 0. The second-order valence-electron chi connectivity index (χ2n) is 6.30. The van der Waals surface area contributed by atoms with E-state index in [1.165, 1.54) is 15.3 Å². The number of carbonyl (C=O) groups excluding carboxylic acids is 1. The van der Waals surface area contributed by atoms with Crippen LogP contribution in [0, 0.1) is 3.57 Å². The van der Waals surface area contributed by atoms with Crippen LogP contribution >= 0.6 is 22.6 Å². The highest BCUT2D eigenvalue weighted by molar-refractivity contribution is 14.1. The number of nitrogens with zero attached hydrogens (tertiary/aromatic N) is 3. The maximum atomic E-state index is 12.1. The highest BCUT2D eigenvalue weighted by atomic mass is 127. The summed E-state index contributed by atoms with van der Waals surface area (Å²) in [5, 5.41) is 5.22. The summed E-state index contributed by atoms with van der Waals surface area (Å²) in [5.41, 5.74) is 6.34. The molecule has 138 valence electrons. The van der Waals surface area contributed by atoms with Gasteiger partial charge in [0.1, 0.15) is 0 Å². The Labute approximate surface area is 176 Å². The molecule has 4 rings (SSSR count). The molecule has 6 heteroatoms. The Morgan fingerprint density at radius 2 is 1.93 bits per heavy atom. The third-order valence-corrected chi connectivity index (χ3v) is 5.10. The summed E-state index contributed by atoms with van der Waals surface area (Å²) < 4.78 is 3.41. The highest BCUT2D eigenvalue weighted by Crippen LogP contribution is 2.21. The lowest BCUT2D eigenvalue weighted by Crippen LogP contribution is -2.17. The van der Waals surface area contributed by atoms with Gasteiger partial charge in [-0.2, -0.15) is 5.10 Å². The quantitative estimate of drug-likeness (QED) is 0.261. The topological polar surface area (TPSA) is 59.3 Å². The minimum absolute atomic E-state index is 0.285. The third kappa shape index (κ3) is 4.12. The van der Waals surface area contributed by atoms with Gasteiger partial charge in [-0.05, 0) is 58.5 Å². The first-order valence-corrected chi connectivity index (χ1v) is 9.84. The third-order valence-electron chi connectivity index (χ3n) is 4.38. The van der Waals surface area contributed by atoms with Gasteiger partial charge in [0.2, 0.25) is 0 Å². The molecule has 1 amide bonds. The average molecular weight is 480 g/mol. The SMILES string of the molecule is O=C(NN=Cc1cn(Cc2ccc(I)cc2)c2ccccc12)c1cccnc1. The number of pyridine rings is 1. The molecule has 0 aliphatic heterocycles. The zero-order chi connectivity index (χ0) is 19.3. The maximum absolute atomic E-state index is 12.1. The van der Waals surface area contributed by atoms with Crippen LogP contribution in [0.3, 0.4) is 0 Å². The van der Waals surface area contributed by atoms with Crippen molar-refractivity contribution in [2.24, 2.45) is 5.10 Å². The minimum Gasteiger partial charge on any atom is -0.342 e. The predicted octanol–water partition coefficient (Wildman–Crippen LogP) is 4.45. The van der Waals surface area contributed by atoms with Gasteiger partial charge < -0.3 is 4.57 Å². The number of hydrogen-bond acceptors (Lipinski definition) is 3. The first-order valence-electron chi connectivity index (χ1n) is 8.76. The average Bonchev–Trinajstić information content (AvgIpc) is 3.08. The number of para-hydroxylation sites is 1. The van der Waals surface area contributed by atoms with E-state index in [1.54, 1.807) is 24.5 Å². The molecule has 0 atom stereocenters. The molecule has 0 bridgehead atoms. The van der Waals surface area contributed by atoms with Crippen molar-refractivity contribution in [1.29, 1.82) is 0 Å². The molecular formula is C22H17IN4O. The van der Waals surface area contributed by atoms with Gasteiger partial charge in [-0.3, -0.25) is 9.78 Å². The zero-order valence-corrected chi connectivity index (χ0v) is 17.1. The highest BCUT2D eigenvalue weighted by Gasteiger charge is 2.08. The molecule has 0 aliphatic rings. The molecular weight excluding hydrogens is 463 g/mol. The van der Waals surface area contributed by atoms with E-state index in [4.69, 9.17) is 0 Å². The van der Waals surface area contributed by atoms with E-state index in [9.17, 15) is 4.79 Å². The maximum Gasteiger partial charge on any atom is 0.272 e. The smallest absolute Gasteiger partial charge is 0.272 e. The fourth-order valence-electron chi connectivity index (χ4n) is 3.02. The van der Waals surface area contributed by atoms with Crippen molar-refractivity contribution in [1.82, 2.24) is 15.0 Å². The Balaban J connectivity index is 1.57. The van der Waals surface area contributed by atoms with Crippen LogP contribution in [0.15, 0.2) is 84.4 Å². The summed E-state index contributed by atoms with van der Waals surface area (Å²) >= 11 is 2.31. The first-order chi connectivity index (χ1) is 13.7. The van der Waals surface area contributed by atoms with Gasteiger partial charge in [-0.1, -0.05) is 30.3 Å². The van der Waals surface area contributed by atoms with E-state index in [0.717, 1.165) is 23.0 Å². The molecule has 0 spiro atoms. The number of aromatic nitrogens is 2. The monoisotopic (exact) mass is 480 g/mol. The number of nitrogens with one attached hydrogen (secondary N) is 1. The number of rotatable bonds is 5. The molecule has 0 saturated heterocycles. The minimum atomic E-state index is -0.285. The molecule has 0 radical (unpaired) electrons. The van der Waals surface area contributed by atoms with Gasteiger partial charge >= 0.3 is 0 Å². The number of benzene rings is 2. The second-order valence-corrected chi connectivity index (χ2v) is 7.54. The van der Waals surface area contributed by atoms with Gasteiger partial charge in [-0.15, -0.1) is 0 Å². The van der Waals surface area contributed by atoms with Crippen LogP contribution in [0.25, 0.3) is 10.9 Å². The Morgan fingerprint density at radius 3 is 2.71 bits per heavy atom. The first kappa shape index (κ1) is 18.4. The molecule has 0 unspecified atom stereocenters.